The molecule has 1 aliphatic rings. The van der Waals surface area contributed by atoms with E-state index in [0.717, 1.165) is 12.0 Å². The molecule has 1 fully saturated rings. The number of Topliss-reactive ketones (excluding diaryl/α,β-unsaturated/α-hetero) is 1. The summed E-state index contributed by atoms with van der Waals surface area (Å²) >= 11 is 2.05. The first-order valence-corrected chi connectivity index (χ1v) is 8.64. The van der Waals surface area contributed by atoms with E-state index in [1.54, 1.807) is 6.92 Å². The van der Waals surface area contributed by atoms with Gasteiger partial charge in [-0.2, -0.15) is 11.8 Å². The van der Waals surface area contributed by atoms with E-state index in [2.05, 4.69) is 17.9 Å². The van der Waals surface area contributed by atoms with Crippen LogP contribution in [0.5, 0.6) is 0 Å². The second kappa shape index (κ2) is 7.84. The minimum Gasteiger partial charge on any atom is -0.303 e. The van der Waals surface area contributed by atoms with Crippen molar-refractivity contribution in [2.24, 2.45) is 0 Å². The summed E-state index contributed by atoms with van der Waals surface area (Å²) in [6.07, 6.45) is 3.79. The van der Waals surface area contributed by atoms with Crippen molar-refractivity contribution in [2.45, 2.75) is 38.4 Å². The molecule has 20 heavy (non-hydrogen) atoms. The monoisotopic (exact) mass is 291 g/mol. The van der Waals surface area contributed by atoms with E-state index in [0.29, 0.717) is 5.25 Å². The first kappa shape index (κ1) is 15.6. The lowest BCUT2D eigenvalue weighted by atomic mass is 10.0. The van der Waals surface area contributed by atoms with Crippen LogP contribution in [0.4, 0.5) is 0 Å². The Balaban J connectivity index is 1.74. The van der Waals surface area contributed by atoms with E-state index in [-0.39, 0.29) is 5.78 Å². The summed E-state index contributed by atoms with van der Waals surface area (Å²) in [5.41, 5.74) is 2.11. The average Bonchev–Trinajstić information content (AvgIpc) is 2.92. The molecule has 110 valence electrons. The predicted molar refractivity (Wildman–Crippen MR) is 87.7 cm³/mol. The van der Waals surface area contributed by atoms with E-state index in [4.69, 9.17) is 0 Å². The molecule has 1 unspecified atom stereocenters. The number of thioether (sulfide) groups is 1. The van der Waals surface area contributed by atoms with Gasteiger partial charge >= 0.3 is 0 Å². The quantitative estimate of drug-likeness (QED) is 0.715. The summed E-state index contributed by atoms with van der Waals surface area (Å²) in [5, 5.41) is 0.611. The zero-order valence-electron chi connectivity index (χ0n) is 12.6. The summed E-state index contributed by atoms with van der Waals surface area (Å²) in [5.74, 6) is 1.37. The van der Waals surface area contributed by atoms with Gasteiger partial charge in [0, 0.05) is 23.1 Å². The zero-order valence-corrected chi connectivity index (χ0v) is 13.4. The van der Waals surface area contributed by atoms with Crippen LogP contribution in [0.15, 0.2) is 24.3 Å². The van der Waals surface area contributed by atoms with Gasteiger partial charge in [-0.1, -0.05) is 25.1 Å². The maximum Gasteiger partial charge on any atom is 0.159 e. The highest BCUT2D eigenvalue weighted by atomic mass is 32.2. The Bertz CT molecular complexity index is 440. The summed E-state index contributed by atoms with van der Waals surface area (Å²) in [4.78, 5) is 14.0. The van der Waals surface area contributed by atoms with Gasteiger partial charge in [0.05, 0.1) is 0 Å². The first-order chi connectivity index (χ1) is 9.65. The average molecular weight is 291 g/mol. The van der Waals surface area contributed by atoms with Crippen LogP contribution in [-0.2, 0) is 6.42 Å². The van der Waals surface area contributed by atoms with Gasteiger partial charge in [-0.25, -0.2) is 0 Å². The third-order valence-electron chi connectivity index (χ3n) is 3.87. The van der Waals surface area contributed by atoms with E-state index in [1.165, 1.54) is 43.8 Å². The van der Waals surface area contributed by atoms with Gasteiger partial charge in [0.15, 0.2) is 5.78 Å². The molecular weight excluding hydrogens is 266 g/mol. The smallest absolute Gasteiger partial charge is 0.159 e. The highest BCUT2D eigenvalue weighted by molar-refractivity contribution is 7.99. The molecule has 1 saturated heterocycles. The summed E-state index contributed by atoms with van der Waals surface area (Å²) < 4.78 is 0. The normalized spacial score (nSPS) is 17.3. The number of carbonyl (C=O) groups is 1. The van der Waals surface area contributed by atoms with Gasteiger partial charge in [-0.05, 0) is 50.9 Å². The summed E-state index contributed by atoms with van der Waals surface area (Å²) in [6.45, 7) is 7.72. The van der Waals surface area contributed by atoms with Crippen LogP contribution in [0, 0.1) is 0 Å². The molecule has 1 atom stereocenters. The number of carbonyl (C=O) groups excluding carboxylic acids is 1. The summed E-state index contributed by atoms with van der Waals surface area (Å²) in [6, 6.07) is 8.06. The number of nitrogens with zero attached hydrogens (tertiary/aromatic N) is 1. The second-order valence-electron chi connectivity index (χ2n) is 5.69. The van der Waals surface area contributed by atoms with Crippen molar-refractivity contribution < 1.29 is 4.79 Å². The van der Waals surface area contributed by atoms with Crippen LogP contribution in [0.2, 0.25) is 0 Å². The van der Waals surface area contributed by atoms with Crippen LogP contribution in [0.1, 0.15) is 42.6 Å². The molecule has 0 saturated carbocycles. The molecule has 0 spiro atoms. The molecule has 0 radical (unpaired) electrons. The number of likely N-dealkylation sites (tertiary alicyclic amines) is 1. The van der Waals surface area contributed by atoms with Crippen molar-refractivity contribution >= 4 is 17.5 Å². The van der Waals surface area contributed by atoms with Crippen LogP contribution in [0.25, 0.3) is 0 Å². The number of benzene rings is 1. The minimum atomic E-state index is 0.154. The van der Waals surface area contributed by atoms with Gasteiger partial charge in [0.2, 0.25) is 0 Å². The minimum absolute atomic E-state index is 0.154. The van der Waals surface area contributed by atoms with Crippen molar-refractivity contribution in [3.8, 4) is 0 Å². The van der Waals surface area contributed by atoms with E-state index >= 15 is 0 Å². The van der Waals surface area contributed by atoms with Crippen LogP contribution in [0.3, 0.4) is 0 Å². The topological polar surface area (TPSA) is 20.3 Å². The Hall–Kier alpha value is -0.800. The lowest BCUT2D eigenvalue weighted by Gasteiger charge is -2.16. The highest BCUT2D eigenvalue weighted by Crippen LogP contribution is 2.18. The van der Waals surface area contributed by atoms with Gasteiger partial charge in [0.25, 0.3) is 0 Å². The van der Waals surface area contributed by atoms with E-state index in [1.807, 2.05) is 30.0 Å². The molecule has 3 heteroatoms. The number of rotatable bonds is 7. The summed E-state index contributed by atoms with van der Waals surface area (Å²) in [7, 11) is 0. The van der Waals surface area contributed by atoms with Crippen molar-refractivity contribution in [1.29, 1.82) is 0 Å². The predicted octanol–water partition coefficient (Wildman–Crippen LogP) is 3.65. The molecule has 0 bridgehead atoms. The van der Waals surface area contributed by atoms with Crippen molar-refractivity contribution in [3.05, 3.63) is 35.4 Å². The van der Waals surface area contributed by atoms with Crippen molar-refractivity contribution in [1.82, 2.24) is 4.90 Å². The number of hydrogen-bond donors (Lipinski definition) is 0. The Kier molecular flexibility index (Phi) is 6.11. The van der Waals surface area contributed by atoms with Gasteiger partial charge < -0.3 is 4.90 Å². The fraction of sp³-hybridized carbons (Fsp3) is 0.588. The van der Waals surface area contributed by atoms with Gasteiger partial charge in [-0.15, -0.1) is 0 Å². The van der Waals surface area contributed by atoms with Crippen LogP contribution >= 0.6 is 11.8 Å². The first-order valence-electron chi connectivity index (χ1n) is 7.59. The highest BCUT2D eigenvalue weighted by Gasteiger charge is 2.12. The Morgan fingerprint density at radius 2 is 2.10 bits per heavy atom. The van der Waals surface area contributed by atoms with Crippen LogP contribution in [-0.4, -0.2) is 41.3 Å². The van der Waals surface area contributed by atoms with Gasteiger partial charge in [-0.3, -0.25) is 4.79 Å². The van der Waals surface area contributed by atoms with Crippen molar-refractivity contribution in [3.63, 3.8) is 0 Å². The van der Waals surface area contributed by atoms with E-state index in [9.17, 15) is 4.79 Å². The van der Waals surface area contributed by atoms with Crippen molar-refractivity contribution in [2.75, 3.05) is 25.4 Å². The largest absolute Gasteiger partial charge is 0.303 e. The molecule has 0 aliphatic carbocycles. The van der Waals surface area contributed by atoms with Crippen LogP contribution < -0.4 is 0 Å². The maximum absolute atomic E-state index is 11.4. The maximum atomic E-state index is 11.4. The Labute approximate surface area is 126 Å². The fourth-order valence-corrected chi connectivity index (χ4v) is 3.77. The molecule has 1 heterocycles. The standard InChI is InChI=1S/C17H25NOS/c1-14(20-11-10-18-8-3-4-9-18)12-16-6-5-7-17(13-16)15(2)19/h5-7,13-14H,3-4,8-12H2,1-2H3. The Morgan fingerprint density at radius 1 is 1.35 bits per heavy atom. The molecule has 1 aromatic rings. The van der Waals surface area contributed by atoms with Gasteiger partial charge in [0.1, 0.15) is 0 Å². The lowest BCUT2D eigenvalue weighted by molar-refractivity contribution is 0.101. The molecule has 2 nitrogen and oxygen atoms in total. The number of hydrogen-bond acceptors (Lipinski definition) is 3. The molecule has 1 aromatic carbocycles. The number of ketones is 1. The lowest BCUT2D eigenvalue weighted by Crippen LogP contribution is -2.22. The zero-order chi connectivity index (χ0) is 14.4. The molecule has 1 aliphatic heterocycles. The molecule has 0 amide bonds. The Morgan fingerprint density at radius 3 is 2.80 bits per heavy atom. The third kappa shape index (κ3) is 4.95. The van der Waals surface area contributed by atoms with E-state index < -0.39 is 0 Å². The second-order valence-corrected chi connectivity index (χ2v) is 7.24. The molecule has 0 aromatic heterocycles. The molecular formula is C17H25NOS. The fourth-order valence-electron chi connectivity index (χ4n) is 2.70. The molecule has 0 N–H and O–H groups in total. The third-order valence-corrected chi connectivity index (χ3v) is 5.02. The SMILES string of the molecule is CC(=O)c1cccc(CC(C)SCCN2CCCC2)c1. The molecule has 2 rings (SSSR count).